The first-order valence-electron chi connectivity index (χ1n) is 5.22. The molecule has 1 aromatic carbocycles. The van der Waals surface area contributed by atoms with Crippen LogP contribution in [0.25, 0.3) is 0 Å². The third-order valence-corrected chi connectivity index (χ3v) is 4.39. The molecule has 5 heteroatoms. The number of hydrogen-bond donors (Lipinski definition) is 0. The average molecular weight is 338 g/mol. The molecule has 0 aliphatic carbocycles. The fraction of sp³-hybridized carbons (Fsp3) is 0.417. The van der Waals surface area contributed by atoms with Crippen LogP contribution in [0.3, 0.4) is 0 Å². The lowest BCUT2D eigenvalue weighted by atomic mass is 10.2. The fourth-order valence-corrected chi connectivity index (χ4v) is 3.18. The summed E-state index contributed by atoms with van der Waals surface area (Å²) in [7, 11) is 0. The van der Waals surface area contributed by atoms with Crippen molar-refractivity contribution in [2.24, 2.45) is 0 Å². The van der Waals surface area contributed by atoms with Crippen molar-refractivity contribution in [2.45, 2.75) is 25.2 Å². The molecule has 0 saturated heterocycles. The molecule has 0 bridgehead atoms. The molecule has 0 aliphatic heterocycles. The zero-order chi connectivity index (χ0) is 12.8. The first-order chi connectivity index (χ1) is 8.06. The molecule has 0 N–H and O–H groups in total. The van der Waals surface area contributed by atoms with E-state index in [0.717, 1.165) is 28.0 Å². The largest absolute Gasteiger partial charge is 0.426 e. The maximum atomic E-state index is 10.9. The molecular weight excluding hydrogens is 324 g/mol. The zero-order valence-electron chi connectivity index (χ0n) is 9.76. The van der Waals surface area contributed by atoms with Crippen LogP contribution in [0.4, 0.5) is 0 Å². The number of halogens is 2. The number of carbonyl (C=O) groups is 1. The van der Waals surface area contributed by atoms with Crippen LogP contribution in [-0.2, 0) is 4.79 Å². The highest BCUT2D eigenvalue weighted by Crippen LogP contribution is 2.35. The van der Waals surface area contributed by atoms with Crippen LogP contribution >= 0.6 is 39.3 Å². The van der Waals surface area contributed by atoms with E-state index in [1.165, 1.54) is 6.92 Å². The summed E-state index contributed by atoms with van der Waals surface area (Å²) < 4.78 is 5.07. The second-order valence-electron chi connectivity index (χ2n) is 3.49. The smallest absolute Gasteiger partial charge is 0.308 e. The summed E-state index contributed by atoms with van der Waals surface area (Å²) in [6, 6.07) is 3.69. The molecule has 0 fully saturated rings. The third kappa shape index (κ3) is 4.53. The van der Waals surface area contributed by atoms with Crippen molar-refractivity contribution in [3.63, 3.8) is 0 Å². The van der Waals surface area contributed by atoms with Crippen LogP contribution in [0.5, 0.6) is 5.75 Å². The third-order valence-electron chi connectivity index (χ3n) is 2.09. The monoisotopic (exact) mass is 336 g/mol. The normalized spacial score (nSPS) is 10.4. The van der Waals surface area contributed by atoms with E-state index in [4.69, 9.17) is 16.3 Å². The van der Waals surface area contributed by atoms with Gasteiger partial charge in [0.25, 0.3) is 0 Å². The Hall–Kier alpha value is -0.190. The Labute approximate surface area is 119 Å². The van der Waals surface area contributed by atoms with E-state index in [0.29, 0.717) is 10.8 Å². The lowest BCUT2D eigenvalue weighted by Gasteiger charge is -2.10. The van der Waals surface area contributed by atoms with Gasteiger partial charge in [-0.15, -0.1) is 11.8 Å². The molecule has 0 amide bonds. The number of benzene rings is 1. The topological polar surface area (TPSA) is 26.3 Å². The van der Waals surface area contributed by atoms with E-state index < -0.39 is 0 Å². The summed E-state index contributed by atoms with van der Waals surface area (Å²) in [5, 5.41) is 1.66. The van der Waals surface area contributed by atoms with Gasteiger partial charge in [-0.1, -0.05) is 27.5 Å². The van der Waals surface area contributed by atoms with Crippen LogP contribution in [0.1, 0.15) is 18.9 Å². The Morgan fingerprint density at radius 1 is 1.53 bits per heavy atom. The highest BCUT2D eigenvalue weighted by atomic mass is 79.9. The van der Waals surface area contributed by atoms with Crippen LogP contribution in [0.15, 0.2) is 17.0 Å². The van der Waals surface area contributed by atoms with Gasteiger partial charge in [0.2, 0.25) is 0 Å². The van der Waals surface area contributed by atoms with Gasteiger partial charge in [0.1, 0.15) is 5.75 Å². The Bertz CT molecular complexity index is 410. The van der Waals surface area contributed by atoms with Gasteiger partial charge in [-0.2, -0.15) is 0 Å². The van der Waals surface area contributed by atoms with Gasteiger partial charge in [-0.05, 0) is 31.2 Å². The van der Waals surface area contributed by atoms with Gasteiger partial charge in [0.15, 0.2) is 0 Å². The van der Waals surface area contributed by atoms with Crippen molar-refractivity contribution < 1.29 is 9.53 Å². The Balaban J connectivity index is 2.82. The highest BCUT2D eigenvalue weighted by Gasteiger charge is 2.10. The van der Waals surface area contributed by atoms with Crippen molar-refractivity contribution in [3.8, 4) is 5.75 Å². The molecule has 0 saturated carbocycles. The maximum absolute atomic E-state index is 10.9. The molecule has 0 aliphatic rings. The fourth-order valence-electron chi connectivity index (χ4n) is 1.26. The van der Waals surface area contributed by atoms with E-state index >= 15 is 0 Å². The highest BCUT2D eigenvalue weighted by molar-refractivity contribution is 9.09. The van der Waals surface area contributed by atoms with Gasteiger partial charge in [0, 0.05) is 22.7 Å². The van der Waals surface area contributed by atoms with E-state index in [1.54, 1.807) is 17.8 Å². The predicted octanol–water partition coefficient (Wildman–Crippen LogP) is 4.45. The Kier molecular flexibility index (Phi) is 6.38. The minimum absolute atomic E-state index is 0.330. The second kappa shape index (κ2) is 7.29. The summed E-state index contributed by atoms with van der Waals surface area (Å²) in [5.41, 5.74) is 0.811. The first kappa shape index (κ1) is 14.9. The molecule has 0 heterocycles. The quantitative estimate of drug-likeness (QED) is 0.261. The van der Waals surface area contributed by atoms with Crippen LogP contribution in [0, 0.1) is 6.92 Å². The van der Waals surface area contributed by atoms with E-state index in [-0.39, 0.29) is 5.97 Å². The molecule has 94 valence electrons. The van der Waals surface area contributed by atoms with Crippen LogP contribution in [0.2, 0.25) is 5.02 Å². The first-order valence-corrected chi connectivity index (χ1v) is 7.71. The molecule has 0 unspecified atom stereocenters. The average Bonchev–Trinajstić information content (AvgIpc) is 2.28. The van der Waals surface area contributed by atoms with Gasteiger partial charge in [-0.3, -0.25) is 4.79 Å². The summed E-state index contributed by atoms with van der Waals surface area (Å²) in [5.74, 6) is 1.22. The number of thioether (sulfide) groups is 1. The number of carbonyl (C=O) groups excluding carboxylic acids is 1. The lowest BCUT2D eigenvalue weighted by Crippen LogP contribution is -2.03. The number of alkyl halides is 1. The number of esters is 1. The number of rotatable bonds is 5. The molecule has 2 nitrogen and oxygen atoms in total. The molecular formula is C12H14BrClO2S. The van der Waals surface area contributed by atoms with Crippen molar-refractivity contribution in [1.82, 2.24) is 0 Å². The van der Waals surface area contributed by atoms with Crippen molar-refractivity contribution in [3.05, 3.63) is 22.7 Å². The van der Waals surface area contributed by atoms with Crippen molar-refractivity contribution in [2.75, 3.05) is 11.1 Å². The molecule has 0 aromatic heterocycles. The van der Waals surface area contributed by atoms with Gasteiger partial charge >= 0.3 is 5.97 Å². The second-order valence-corrected chi connectivity index (χ2v) is 5.79. The summed E-state index contributed by atoms with van der Waals surface area (Å²) in [6.45, 7) is 3.24. The summed E-state index contributed by atoms with van der Waals surface area (Å²) in [4.78, 5) is 11.9. The molecule has 0 spiro atoms. The SMILES string of the molecule is CC(=O)Oc1ccc(SCCCBr)c(Cl)c1C. The van der Waals surface area contributed by atoms with Crippen LogP contribution < -0.4 is 4.74 Å². The van der Waals surface area contributed by atoms with E-state index in [1.807, 2.05) is 13.0 Å². The van der Waals surface area contributed by atoms with Crippen LogP contribution in [-0.4, -0.2) is 17.1 Å². The van der Waals surface area contributed by atoms with Gasteiger partial charge < -0.3 is 4.74 Å². The molecule has 0 radical (unpaired) electrons. The Morgan fingerprint density at radius 3 is 2.82 bits per heavy atom. The summed E-state index contributed by atoms with van der Waals surface area (Å²) >= 11 is 11.3. The standard InChI is InChI=1S/C12H14BrClO2S/c1-8-10(16-9(2)15)4-5-11(12(8)14)17-7-3-6-13/h4-5H,3,6-7H2,1-2H3. The minimum Gasteiger partial charge on any atom is -0.426 e. The van der Waals surface area contributed by atoms with Gasteiger partial charge in [0.05, 0.1) is 5.02 Å². The van der Waals surface area contributed by atoms with E-state index in [2.05, 4.69) is 15.9 Å². The Morgan fingerprint density at radius 2 is 2.24 bits per heavy atom. The molecule has 17 heavy (non-hydrogen) atoms. The molecule has 1 rings (SSSR count). The van der Waals surface area contributed by atoms with E-state index in [9.17, 15) is 4.79 Å². The number of hydrogen-bond acceptors (Lipinski definition) is 3. The number of ether oxygens (including phenoxy) is 1. The van der Waals surface area contributed by atoms with Crippen molar-refractivity contribution in [1.29, 1.82) is 0 Å². The molecule has 0 atom stereocenters. The maximum Gasteiger partial charge on any atom is 0.308 e. The predicted molar refractivity (Wildman–Crippen MR) is 76.6 cm³/mol. The minimum atomic E-state index is -0.330. The zero-order valence-corrected chi connectivity index (χ0v) is 12.9. The summed E-state index contributed by atoms with van der Waals surface area (Å²) in [6.07, 6.45) is 1.09. The lowest BCUT2D eigenvalue weighted by molar-refractivity contribution is -0.131. The van der Waals surface area contributed by atoms with Gasteiger partial charge in [-0.25, -0.2) is 0 Å². The molecule has 1 aromatic rings. The van der Waals surface area contributed by atoms with Crippen molar-refractivity contribution >= 4 is 45.3 Å².